The lowest BCUT2D eigenvalue weighted by Gasteiger charge is -2.28. The fraction of sp³-hybridized carbons (Fsp3) is 0.950. The molecule has 3 saturated carbocycles. The molecule has 3 aliphatic rings. The van der Waals surface area contributed by atoms with Crippen LogP contribution in [0.25, 0.3) is 0 Å². The smallest absolute Gasteiger partial charge is 0.0157 e. The third kappa shape index (κ3) is 3.71. The average Bonchev–Trinajstić information content (AvgIpc) is 2.67. The topological polar surface area (TPSA) is 23.9 Å². The summed E-state index contributed by atoms with van der Waals surface area (Å²) in [6.07, 6.45) is 21.3. The number of hydrogen-bond acceptors (Lipinski definition) is 1. The molecule has 21 heavy (non-hydrogen) atoms. The molecule has 0 saturated heterocycles. The Morgan fingerprint density at radius 2 is 0.810 bits per heavy atom. The zero-order valence-corrected chi connectivity index (χ0v) is 13.9. The molecule has 3 fully saturated rings. The Bertz CT molecular complexity index is 335. The summed E-state index contributed by atoms with van der Waals surface area (Å²) < 4.78 is 0. The minimum absolute atomic E-state index is 0.677. The summed E-state index contributed by atoms with van der Waals surface area (Å²) >= 11 is 0. The van der Waals surface area contributed by atoms with Crippen molar-refractivity contribution in [1.82, 2.24) is 0 Å². The second-order valence-corrected chi connectivity index (χ2v) is 8.04. The van der Waals surface area contributed by atoms with Crippen molar-refractivity contribution in [3.8, 4) is 0 Å². The van der Waals surface area contributed by atoms with Gasteiger partial charge in [-0.1, -0.05) is 70.6 Å². The van der Waals surface area contributed by atoms with Crippen LogP contribution in [-0.4, -0.2) is 5.71 Å². The molecular formula is C20H35N. The SMILES string of the molecule is N=C1C2CCCCCCCCCC2C2CCCCCCC12. The van der Waals surface area contributed by atoms with Crippen LogP contribution in [0.1, 0.15) is 96.3 Å². The molecule has 0 aromatic heterocycles. The van der Waals surface area contributed by atoms with Gasteiger partial charge >= 0.3 is 0 Å². The standard InChI is InChI=1S/C20H35N/c21-20-18-14-10-5-3-1-2-4-8-12-16(18)17-13-9-6-7-11-15-19(17)20/h16-19,21H,1-15H2. The molecule has 1 heteroatoms. The second-order valence-electron chi connectivity index (χ2n) is 8.04. The van der Waals surface area contributed by atoms with E-state index in [0.29, 0.717) is 11.8 Å². The van der Waals surface area contributed by atoms with Crippen molar-refractivity contribution in [2.75, 3.05) is 0 Å². The predicted octanol–water partition coefficient (Wildman–Crippen LogP) is 6.36. The Labute approximate surface area is 131 Å². The monoisotopic (exact) mass is 289 g/mol. The molecule has 4 unspecified atom stereocenters. The summed E-state index contributed by atoms with van der Waals surface area (Å²) in [6, 6.07) is 0. The van der Waals surface area contributed by atoms with Crippen molar-refractivity contribution in [1.29, 1.82) is 5.41 Å². The van der Waals surface area contributed by atoms with Gasteiger partial charge in [-0.25, -0.2) is 0 Å². The minimum Gasteiger partial charge on any atom is -0.309 e. The first-order chi connectivity index (χ1) is 10.4. The largest absolute Gasteiger partial charge is 0.309 e. The Kier molecular flexibility index (Phi) is 5.77. The van der Waals surface area contributed by atoms with Crippen molar-refractivity contribution in [2.45, 2.75) is 96.3 Å². The van der Waals surface area contributed by atoms with Gasteiger partial charge in [-0.15, -0.1) is 0 Å². The summed E-state index contributed by atoms with van der Waals surface area (Å²) in [5.74, 6) is 3.14. The molecule has 0 spiro atoms. The summed E-state index contributed by atoms with van der Waals surface area (Å²) in [6.45, 7) is 0. The van der Waals surface area contributed by atoms with Crippen molar-refractivity contribution in [3.05, 3.63) is 0 Å². The molecule has 0 amide bonds. The molecule has 0 aliphatic heterocycles. The van der Waals surface area contributed by atoms with E-state index in [2.05, 4.69) is 0 Å². The number of hydrogen-bond donors (Lipinski definition) is 1. The summed E-state index contributed by atoms with van der Waals surface area (Å²) in [4.78, 5) is 0. The Morgan fingerprint density at radius 1 is 0.476 bits per heavy atom. The lowest BCUT2D eigenvalue weighted by molar-refractivity contribution is 0.217. The van der Waals surface area contributed by atoms with Crippen LogP contribution in [0.3, 0.4) is 0 Å². The maximum absolute atomic E-state index is 8.82. The molecule has 1 nitrogen and oxygen atoms in total. The van der Waals surface area contributed by atoms with Gasteiger partial charge < -0.3 is 5.41 Å². The highest BCUT2D eigenvalue weighted by molar-refractivity contribution is 5.89. The number of fused-ring (bicyclic) bond motifs is 3. The molecule has 0 bridgehead atoms. The van der Waals surface area contributed by atoms with Gasteiger partial charge in [-0.3, -0.25) is 0 Å². The Hall–Kier alpha value is -0.330. The molecule has 3 aliphatic carbocycles. The zero-order chi connectivity index (χ0) is 14.5. The Morgan fingerprint density at radius 3 is 1.24 bits per heavy atom. The quantitative estimate of drug-likeness (QED) is 0.536. The predicted molar refractivity (Wildman–Crippen MR) is 90.9 cm³/mol. The first-order valence-electron chi connectivity index (χ1n) is 9.96. The van der Waals surface area contributed by atoms with E-state index in [1.807, 2.05) is 0 Å². The lowest BCUT2D eigenvalue weighted by Crippen LogP contribution is -2.19. The molecular weight excluding hydrogens is 254 g/mol. The maximum atomic E-state index is 8.82. The van der Waals surface area contributed by atoms with Crippen molar-refractivity contribution in [2.24, 2.45) is 23.7 Å². The van der Waals surface area contributed by atoms with E-state index in [1.165, 1.54) is 102 Å². The minimum atomic E-state index is 0.677. The van der Waals surface area contributed by atoms with Crippen molar-refractivity contribution < 1.29 is 0 Å². The molecule has 0 radical (unpaired) electrons. The highest BCUT2D eigenvalue weighted by Crippen LogP contribution is 2.49. The van der Waals surface area contributed by atoms with Gasteiger partial charge in [-0.2, -0.15) is 0 Å². The van der Waals surface area contributed by atoms with Gasteiger partial charge in [0.25, 0.3) is 0 Å². The summed E-state index contributed by atoms with van der Waals surface area (Å²) in [7, 11) is 0. The molecule has 0 aromatic rings. The van der Waals surface area contributed by atoms with Crippen LogP contribution in [0.2, 0.25) is 0 Å². The van der Waals surface area contributed by atoms with Crippen LogP contribution in [-0.2, 0) is 0 Å². The van der Waals surface area contributed by atoms with Crippen LogP contribution in [0, 0.1) is 29.1 Å². The number of rotatable bonds is 0. The molecule has 1 N–H and O–H groups in total. The average molecular weight is 290 g/mol. The van der Waals surface area contributed by atoms with E-state index >= 15 is 0 Å². The number of nitrogens with one attached hydrogen (secondary N) is 1. The highest BCUT2D eigenvalue weighted by Gasteiger charge is 2.45. The molecule has 4 atom stereocenters. The van der Waals surface area contributed by atoms with Crippen LogP contribution < -0.4 is 0 Å². The first kappa shape index (κ1) is 15.6. The van der Waals surface area contributed by atoms with Gasteiger partial charge in [0.2, 0.25) is 0 Å². The van der Waals surface area contributed by atoms with E-state index in [1.54, 1.807) is 0 Å². The van der Waals surface area contributed by atoms with Crippen LogP contribution in [0.5, 0.6) is 0 Å². The zero-order valence-electron chi connectivity index (χ0n) is 13.9. The normalized spacial score (nSPS) is 39.5. The third-order valence-corrected chi connectivity index (χ3v) is 6.74. The molecule has 120 valence electrons. The van der Waals surface area contributed by atoms with Crippen molar-refractivity contribution in [3.63, 3.8) is 0 Å². The van der Waals surface area contributed by atoms with Gasteiger partial charge in [0.15, 0.2) is 0 Å². The fourth-order valence-corrected chi connectivity index (χ4v) is 5.63. The van der Waals surface area contributed by atoms with E-state index in [-0.39, 0.29) is 0 Å². The summed E-state index contributed by atoms with van der Waals surface area (Å²) in [5, 5.41) is 8.82. The van der Waals surface area contributed by atoms with Crippen molar-refractivity contribution >= 4 is 5.71 Å². The van der Waals surface area contributed by atoms with E-state index in [4.69, 9.17) is 5.41 Å². The van der Waals surface area contributed by atoms with Crippen LogP contribution in [0.4, 0.5) is 0 Å². The molecule has 3 rings (SSSR count). The molecule has 0 aromatic carbocycles. The highest BCUT2D eigenvalue weighted by atomic mass is 14.6. The van der Waals surface area contributed by atoms with Crippen LogP contribution in [0.15, 0.2) is 0 Å². The van der Waals surface area contributed by atoms with Gasteiger partial charge in [0, 0.05) is 5.71 Å². The third-order valence-electron chi connectivity index (χ3n) is 6.74. The van der Waals surface area contributed by atoms with Crippen LogP contribution >= 0.6 is 0 Å². The maximum Gasteiger partial charge on any atom is 0.0157 e. The van der Waals surface area contributed by atoms with E-state index in [0.717, 1.165) is 11.8 Å². The molecule has 0 heterocycles. The van der Waals surface area contributed by atoms with E-state index < -0.39 is 0 Å². The van der Waals surface area contributed by atoms with Gasteiger partial charge in [0.1, 0.15) is 0 Å². The first-order valence-corrected chi connectivity index (χ1v) is 9.96. The Balaban J connectivity index is 1.73. The summed E-state index contributed by atoms with van der Waals surface area (Å²) in [5.41, 5.74) is 1.20. The second kappa shape index (κ2) is 7.79. The van der Waals surface area contributed by atoms with E-state index in [9.17, 15) is 0 Å². The van der Waals surface area contributed by atoms with Gasteiger partial charge in [0.05, 0.1) is 0 Å². The fourth-order valence-electron chi connectivity index (χ4n) is 5.63. The van der Waals surface area contributed by atoms with Gasteiger partial charge in [-0.05, 0) is 49.4 Å². The lowest BCUT2D eigenvalue weighted by atomic mass is 9.77.